The molecule has 0 aromatic heterocycles. The van der Waals surface area contributed by atoms with Gasteiger partial charge in [0.1, 0.15) is 0 Å². The van der Waals surface area contributed by atoms with Gasteiger partial charge in [-0.1, -0.05) is 0 Å². The van der Waals surface area contributed by atoms with Gasteiger partial charge in [0.05, 0.1) is 12.1 Å². The monoisotopic (exact) mass is 97.1 g/mol. The molecule has 1 unspecified atom stereocenters. The molecule has 39 valence electrons. The first kappa shape index (κ1) is 6.45. The van der Waals surface area contributed by atoms with Crippen LogP contribution in [0, 0.1) is 18.3 Å². The molecule has 0 amide bonds. The van der Waals surface area contributed by atoms with E-state index in [9.17, 15) is 0 Å². The van der Waals surface area contributed by atoms with E-state index in [0.717, 1.165) is 0 Å². The molecule has 0 fully saturated rings. The zero-order chi connectivity index (χ0) is 5.70. The van der Waals surface area contributed by atoms with E-state index in [4.69, 9.17) is 5.26 Å². The van der Waals surface area contributed by atoms with Gasteiger partial charge in [0.25, 0.3) is 0 Å². The second-order valence-electron chi connectivity index (χ2n) is 1.30. The molecule has 0 aromatic rings. The van der Waals surface area contributed by atoms with Gasteiger partial charge in [-0.2, -0.15) is 5.26 Å². The van der Waals surface area contributed by atoms with E-state index in [1.54, 1.807) is 6.92 Å². The van der Waals surface area contributed by atoms with Crippen molar-refractivity contribution in [2.75, 3.05) is 6.54 Å². The van der Waals surface area contributed by atoms with Crippen LogP contribution in [0.1, 0.15) is 6.92 Å². The Morgan fingerprint density at radius 2 is 2.57 bits per heavy atom. The van der Waals surface area contributed by atoms with E-state index in [0.29, 0.717) is 6.54 Å². The van der Waals surface area contributed by atoms with Gasteiger partial charge in [-0.25, -0.2) is 0 Å². The zero-order valence-electron chi connectivity index (χ0n) is 4.44. The van der Waals surface area contributed by atoms with E-state index in [1.807, 2.05) is 6.07 Å². The van der Waals surface area contributed by atoms with Crippen LogP contribution in [0.5, 0.6) is 0 Å². The summed E-state index contributed by atoms with van der Waals surface area (Å²) in [4.78, 5) is 0. The normalized spacial score (nSPS) is 12.7. The zero-order valence-corrected chi connectivity index (χ0v) is 4.44. The SMILES string of the molecule is [CH2]CNC(C)C#N. The van der Waals surface area contributed by atoms with Gasteiger partial charge in [0.2, 0.25) is 0 Å². The Hall–Kier alpha value is -0.550. The molecule has 1 atom stereocenters. The smallest absolute Gasteiger partial charge is 0.0924 e. The number of hydrogen-bond donors (Lipinski definition) is 1. The summed E-state index contributed by atoms with van der Waals surface area (Å²) in [7, 11) is 0. The fraction of sp³-hybridized carbons (Fsp3) is 0.600. The minimum atomic E-state index is -0.0579. The number of nitrogens with zero attached hydrogens (tertiary/aromatic N) is 1. The van der Waals surface area contributed by atoms with Crippen molar-refractivity contribution >= 4 is 0 Å². The van der Waals surface area contributed by atoms with Crippen LogP contribution >= 0.6 is 0 Å². The van der Waals surface area contributed by atoms with Gasteiger partial charge in [-0.05, 0) is 20.4 Å². The van der Waals surface area contributed by atoms with Crippen LogP contribution < -0.4 is 5.32 Å². The molecule has 7 heavy (non-hydrogen) atoms. The third-order valence-electron chi connectivity index (χ3n) is 0.644. The van der Waals surface area contributed by atoms with Gasteiger partial charge < -0.3 is 5.32 Å². The summed E-state index contributed by atoms with van der Waals surface area (Å²) in [5.74, 6) is 0. The molecule has 0 aliphatic carbocycles. The molecule has 2 heteroatoms. The highest BCUT2D eigenvalue weighted by Crippen LogP contribution is 1.71. The first-order valence-corrected chi connectivity index (χ1v) is 2.23. The maximum atomic E-state index is 8.13. The van der Waals surface area contributed by atoms with E-state index >= 15 is 0 Å². The molecule has 0 saturated carbocycles. The number of hydrogen-bond acceptors (Lipinski definition) is 2. The van der Waals surface area contributed by atoms with Crippen LogP contribution in [0.2, 0.25) is 0 Å². The van der Waals surface area contributed by atoms with Crippen LogP contribution in [0.3, 0.4) is 0 Å². The molecular weight excluding hydrogens is 88.1 g/mol. The highest BCUT2D eigenvalue weighted by molar-refractivity contribution is 4.84. The Balaban J connectivity index is 3.04. The van der Waals surface area contributed by atoms with Crippen LogP contribution in [-0.2, 0) is 0 Å². The van der Waals surface area contributed by atoms with Gasteiger partial charge in [0.15, 0.2) is 0 Å². The molecule has 0 aromatic carbocycles. The molecular formula is C5H9N2. The maximum Gasteiger partial charge on any atom is 0.0924 e. The van der Waals surface area contributed by atoms with Crippen molar-refractivity contribution < 1.29 is 0 Å². The van der Waals surface area contributed by atoms with E-state index < -0.39 is 0 Å². The Morgan fingerprint density at radius 1 is 2.00 bits per heavy atom. The summed E-state index contributed by atoms with van der Waals surface area (Å²) >= 11 is 0. The average Bonchev–Trinajstić information content (AvgIpc) is 1.68. The fourth-order valence-corrected chi connectivity index (χ4v) is 0.262. The van der Waals surface area contributed by atoms with Crippen LogP contribution in [0.4, 0.5) is 0 Å². The third kappa shape index (κ3) is 3.28. The third-order valence-corrected chi connectivity index (χ3v) is 0.644. The summed E-state index contributed by atoms with van der Waals surface area (Å²) in [6, 6.07) is 1.96. The molecule has 1 radical (unpaired) electrons. The predicted octanol–water partition coefficient (Wildman–Crippen LogP) is 0.322. The summed E-state index contributed by atoms with van der Waals surface area (Å²) in [6.45, 7) is 5.93. The second kappa shape index (κ2) is 3.63. The molecule has 0 aliphatic rings. The van der Waals surface area contributed by atoms with Crippen LogP contribution in [0.25, 0.3) is 0 Å². The lowest BCUT2D eigenvalue weighted by molar-refractivity contribution is 0.694. The minimum Gasteiger partial charge on any atom is -0.302 e. The first-order chi connectivity index (χ1) is 3.31. The number of rotatable bonds is 2. The molecule has 2 nitrogen and oxygen atoms in total. The lowest BCUT2D eigenvalue weighted by Crippen LogP contribution is -2.23. The van der Waals surface area contributed by atoms with Gasteiger partial charge >= 0.3 is 0 Å². The van der Waals surface area contributed by atoms with E-state index in [-0.39, 0.29) is 6.04 Å². The van der Waals surface area contributed by atoms with Crippen molar-refractivity contribution in [1.29, 1.82) is 5.26 Å². The molecule has 0 rings (SSSR count). The maximum absolute atomic E-state index is 8.13. The standard InChI is InChI=1S/C5H9N2/c1-3-7-5(2)4-6/h5,7H,1,3H2,2H3. The van der Waals surface area contributed by atoms with Gasteiger partial charge in [0, 0.05) is 0 Å². The number of nitrogens with one attached hydrogen (secondary N) is 1. The Kier molecular flexibility index (Phi) is 3.35. The Morgan fingerprint density at radius 3 is 2.71 bits per heavy atom. The topological polar surface area (TPSA) is 35.8 Å². The van der Waals surface area contributed by atoms with Crippen molar-refractivity contribution in [2.45, 2.75) is 13.0 Å². The number of nitriles is 1. The first-order valence-electron chi connectivity index (χ1n) is 2.23. The molecule has 0 heterocycles. The van der Waals surface area contributed by atoms with E-state index in [1.165, 1.54) is 0 Å². The molecule has 0 aliphatic heterocycles. The lowest BCUT2D eigenvalue weighted by atomic mass is 10.4. The fourth-order valence-electron chi connectivity index (χ4n) is 0.262. The van der Waals surface area contributed by atoms with Crippen LogP contribution in [-0.4, -0.2) is 12.6 Å². The van der Waals surface area contributed by atoms with Crippen molar-refractivity contribution in [1.82, 2.24) is 5.32 Å². The molecule has 0 saturated heterocycles. The van der Waals surface area contributed by atoms with E-state index in [2.05, 4.69) is 12.2 Å². The van der Waals surface area contributed by atoms with Gasteiger partial charge in [-0.15, -0.1) is 0 Å². The molecule has 0 spiro atoms. The summed E-state index contributed by atoms with van der Waals surface area (Å²) in [5.41, 5.74) is 0. The minimum absolute atomic E-state index is 0.0579. The van der Waals surface area contributed by atoms with Crippen molar-refractivity contribution in [3.8, 4) is 6.07 Å². The van der Waals surface area contributed by atoms with Crippen molar-refractivity contribution in [2.24, 2.45) is 0 Å². The van der Waals surface area contributed by atoms with Crippen molar-refractivity contribution in [3.63, 3.8) is 0 Å². The van der Waals surface area contributed by atoms with Crippen molar-refractivity contribution in [3.05, 3.63) is 6.92 Å². The van der Waals surface area contributed by atoms with Gasteiger partial charge in [-0.3, -0.25) is 0 Å². The second-order valence-corrected chi connectivity index (χ2v) is 1.30. The summed E-state index contributed by atoms with van der Waals surface area (Å²) in [6.07, 6.45) is 0. The highest BCUT2D eigenvalue weighted by atomic mass is 14.9. The quantitative estimate of drug-likeness (QED) is 0.538. The summed E-state index contributed by atoms with van der Waals surface area (Å²) in [5, 5.41) is 10.9. The lowest BCUT2D eigenvalue weighted by Gasteiger charge is -1.97. The Labute approximate surface area is 44.1 Å². The molecule has 0 bridgehead atoms. The predicted molar refractivity (Wildman–Crippen MR) is 28.4 cm³/mol. The largest absolute Gasteiger partial charge is 0.302 e. The Bertz CT molecular complexity index is 72.6. The summed E-state index contributed by atoms with van der Waals surface area (Å²) < 4.78 is 0. The average molecular weight is 97.1 g/mol. The van der Waals surface area contributed by atoms with Crippen LogP contribution in [0.15, 0.2) is 0 Å². The molecule has 1 N–H and O–H groups in total. The highest BCUT2D eigenvalue weighted by Gasteiger charge is 1.90.